The first-order valence-corrected chi connectivity index (χ1v) is 10.3. The van der Waals surface area contributed by atoms with Gasteiger partial charge in [-0.25, -0.2) is 0 Å². The molecule has 1 unspecified atom stereocenters. The predicted molar refractivity (Wildman–Crippen MR) is 117 cm³/mol. The first-order valence-electron chi connectivity index (χ1n) is 10.3. The topological polar surface area (TPSA) is 108 Å². The highest BCUT2D eigenvalue weighted by atomic mass is 16.3. The van der Waals surface area contributed by atoms with Crippen LogP contribution in [0.5, 0.6) is 0 Å². The molecule has 4 N–H and O–H groups in total. The molecule has 1 aromatic carbocycles. The summed E-state index contributed by atoms with van der Waals surface area (Å²) >= 11 is 0. The van der Waals surface area contributed by atoms with Crippen LogP contribution < -0.4 is 21.3 Å². The van der Waals surface area contributed by atoms with Crippen LogP contribution >= 0.6 is 0 Å². The molecule has 0 fully saturated rings. The number of hydrogen-bond donors (Lipinski definition) is 4. The van der Waals surface area contributed by atoms with Gasteiger partial charge < -0.3 is 25.7 Å². The van der Waals surface area contributed by atoms with Crippen molar-refractivity contribution in [2.45, 2.75) is 32.6 Å². The second-order valence-electron chi connectivity index (χ2n) is 7.23. The molecule has 0 bridgehead atoms. The van der Waals surface area contributed by atoms with E-state index in [1.54, 1.807) is 6.07 Å². The van der Waals surface area contributed by atoms with Crippen molar-refractivity contribution >= 4 is 23.5 Å². The number of amides is 2. The van der Waals surface area contributed by atoms with Crippen LogP contribution in [0.3, 0.4) is 0 Å². The number of nitrogens with zero attached hydrogens (tertiary/aromatic N) is 1. The van der Waals surface area contributed by atoms with Gasteiger partial charge in [-0.05, 0) is 38.0 Å². The standard InChI is InChI=1S/C22H29N5O3/c1-3-23-22(25-11-6-10-24-21(29)20-15(2)9-12-30-20)26-14-16-13-19(28)27-18-8-5-4-7-17(16)18/h4-5,7-9,12,16H,3,6,10-11,13-14H2,1-2H3,(H,24,29)(H,27,28)(H2,23,25,26). The van der Waals surface area contributed by atoms with Crippen molar-refractivity contribution in [3.63, 3.8) is 0 Å². The van der Waals surface area contributed by atoms with Crippen molar-refractivity contribution in [2.75, 3.05) is 31.5 Å². The van der Waals surface area contributed by atoms with Crippen LogP contribution in [0.15, 0.2) is 46.0 Å². The van der Waals surface area contributed by atoms with Gasteiger partial charge >= 0.3 is 0 Å². The zero-order valence-corrected chi connectivity index (χ0v) is 17.5. The van der Waals surface area contributed by atoms with Gasteiger partial charge in [0.2, 0.25) is 5.91 Å². The summed E-state index contributed by atoms with van der Waals surface area (Å²) in [6.45, 7) is 6.29. The highest BCUT2D eigenvalue weighted by Crippen LogP contribution is 2.31. The molecule has 2 amide bonds. The minimum Gasteiger partial charge on any atom is -0.459 e. The molecule has 1 atom stereocenters. The monoisotopic (exact) mass is 411 g/mol. The number of aliphatic imine (C=N–C) groups is 1. The molecule has 0 spiro atoms. The molecule has 0 radical (unpaired) electrons. The average Bonchev–Trinajstić information content (AvgIpc) is 3.17. The zero-order valence-electron chi connectivity index (χ0n) is 17.5. The summed E-state index contributed by atoms with van der Waals surface area (Å²) in [6.07, 6.45) is 2.68. The van der Waals surface area contributed by atoms with E-state index in [9.17, 15) is 9.59 Å². The molecule has 2 heterocycles. The van der Waals surface area contributed by atoms with E-state index in [2.05, 4.69) is 26.3 Å². The number of guanidine groups is 1. The lowest BCUT2D eigenvalue weighted by Gasteiger charge is -2.24. The van der Waals surface area contributed by atoms with Crippen molar-refractivity contribution in [3.8, 4) is 0 Å². The van der Waals surface area contributed by atoms with E-state index in [1.807, 2.05) is 38.1 Å². The number of nitrogens with one attached hydrogen (secondary N) is 4. The molecule has 3 rings (SSSR count). The van der Waals surface area contributed by atoms with Crippen LogP contribution in [0.1, 0.15) is 47.4 Å². The van der Waals surface area contributed by atoms with E-state index in [1.165, 1.54) is 6.26 Å². The Balaban J connectivity index is 1.47. The van der Waals surface area contributed by atoms with Crippen molar-refractivity contribution in [3.05, 3.63) is 53.5 Å². The number of benzene rings is 1. The molecule has 8 nitrogen and oxygen atoms in total. The van der Waals surface area contributed by atoms with E-state index in [0.29, 0.717) is 37.8 Å². The minimum absolute atomic E-state index is 0.0226. The number of para-hydroxylation sites is 1. The van der Waals surface area contributed by atoms with Gasteiger partial charge in [0.1, 0.15) is 0 Å². The number of carbonyl (C=O) groups is 2. The lowest BCUT2D eigenvalue weighted by Crippen LogP contribution is -2.39. The number of hydrogen-bond acceptors (Lipinski definition) is 4. The van der Waals surface area contributed by atoms with Gasteiger partial charge in [-0.2, -0.15) is 0 Å². The second kappa shape index (κ2) is 10.5. The lowest BCUT2D eigenvalue weighted by atomic mass is 9.91. The molecule has 2 aromatic rings. The SMILES string of the molecule is CCNC(=NCC1CC(=O)Nc2ccccc21)NCCCNC(=O)c1occc1C. The third-order valence-electron chi connectivity index (χ3n) is 4.92. The van der Waals surface area contributed by atoms with Gasteiger partial charge in [0, 0.05) is 43.2 Å². The van der Waals surface area contributed by atoms with Gasteiger partial charge in [0.15, 0.2) is 11.7 Å². The van der Waals surface area contributed by atoms with E-state index >= 15 is 0 Å². The molecule has 8 heteroatoms. The third kappa shape index (κ3) is 5.62. The Kier molecular flexibility index (Phi) is 7.48. The van der Waals surface area contributed by atoms with Crippen LogP contribution in [-0.2, 0) is 4.79 Å². The molecule has 0 saturated carbocycles. The van der Waals surface area contributed by atoms with Gasteiger partial charge in [0.25, 0.3) is 5.91 Å². The normalized spacial score (nSPS) is 15.9. The maximum Gasteiger partial charge on any atom is 0.287 e. The fourth-order valence-corrected chi connectivity index (χ4v) is 3.39. The van der Waals surface area contributed by atoms with Crippen molar-refractivity contribution < 1.29 is 14.0 Å². The summed E-state index contributed by atoms with van der Waals surface area (Å²) in [7, 11) is 0. The number of furan rings is 1. The number of rotatable bonds is 8. The highest BCUT2D eigenvalue weighted by Gasteiger charge is 2.24. The Morgan fingerprint density at radius 1 is 1.20 bits per heavy atom. The minimum atomic E-state index is -0.202. The van der Waals surface area contributed by atoms with Gasteiger partial charge in [-0.3, -0.25) is 14.6 Å². The summed E-state index contributed by atoms with van der Waals surface area (Å²) in [5, 5.41) is 12.3. The van der Waals surface area contributed by atoms with Gasteiger partial charge in [-0.1, -0.05) is 18.2 Å². The highest BCUT2D eigenvalue weighted by molar-refractivity contribution is 5.95. The Labute approximate surface area is 176 Å². The van der Waals surface area contributed by atoms with Crippen LogP contribution in [0.25, 0.3) is 0 Å². The molecule has 1 aromatic heterocycles. The maximum absolute atomic E-state index is 12.0. The molecular formula is C22H29N5O3. The summed E-state index contributed by atoms with van der Waals surface area (Å²) in [4.78, 5) is 28.7. The molecular weight excluding hydrogens is 382 g/mol. The van der Waals surface area contributed by atoms with Crippen molar-refractivity contribution in [1.29, 1.82) is 0 Å². The number of aryl methyl sites for hydroxylation is 1. The fourth-order valence-electron chi connectivity index (χ4n) is 3.39. The van der Waals surface area contributed by atoms with Crippen molar-refractivity contribution in [1.82, 2.24) is 16.0 Å². The Bertz CT molecular complexity index is 906. The van der Waals surface area contributed by atoms with Crippen LogP contribution in [0.4, 0.5) is 5.69 Å². The molecule has 0 saturated heterocycles. The summed E-state index contributed by atoms with van der Waals surface area (Å²) in [6, 6.07) is 9.63. The average molecular weight is 412 g/mol. The zero-order chi connectivity index (χ0) is 21.3. The van der Waals surface area contributed by atoms with Crippen LogP contribution in [0.2, 0.25) is 0 Å². The lowest BCUT2D eigenvalue weighted by molar-refractivity contribution is -0.116. The number of anilines is 1. The third-order valence-corrected chi connectivity index (χ3v) is 4.92. The molecule has 0 aliphatic carbocycles. The quantitative estimate of drug-likeness (QED) is 0.303. The Morgan fingerprint density at radius 2 is 2.00 bits per heavy atom. The Hall–Kier alpha value is -3.29. The first kappa shape index (κ1) is 21.4. The maximum atomic E-state index is 12.0. The van der Waals surface area contributed by atoms with E-state index < -0.39 is 0 Å². The smallest absolute Gasteiger partial charge is 0.287 e. The second-order valence-corrected chi connectivity index (χ2v) is 7.23. The van der Waals surface area contributed by atoms with Gasteiger partial charge in [-0.15, -0.1) is 0 Å². The number of carbonyl (C=O) groups excluding carboxylic acids is 2. The molecule has 1 aliphatic heterocycles. The summed E-state index contributed by atoms with van der Waals surface area (Å²) in [5.74, 6) is 0.937. The van der Waals surface area contributed by atoms with Crippen LogP contribution in [-0.4, -0.2) is 44.0 Å². The molecule has 160 valence electrons. The summed E-state index contributed by atoms with van der Waals surface area (Å²) in [5.41, 5.74) is 2.81. The van der Waals surface area contributed by atoms with E-state index in [4.69, 9.17) is 4.42 Å². The number of fused-ring (bicyclic) bond motifs is 1. The van der Waals surface area contributed by atoms with E-state index in [0.717, 1.165) is 29.8 Å². The molecule has 1 aliphatic rings. The van der Waals surface area contributed by atoms with Crippen LogP contribution in [0, 0.1) is 6.92 Å². The molecule has 30 heavy (non-hydrogen) atoms. The predicted octanol–water partition coefficient (Wildman–Crippen LogP) is 2.39. The van der Waals surface area contributed by atoms with Gasteiger partial charge in [0.05, 0.1) is 12.8 Å². The van der Waals surface area contributed by atoms with Crippen molar-refractivity contribution in [2.24, 2.45) is 4.99 Å². The fraction of sp³-hybridized carbons (Fsp3) is 0.409. The van der Waals surface area contributed by atoms with E-state index in [-0.39, 0.29) is 17.7 Å². The first-order chi connectivity index (χ1) is 14.6. The Morgan fingerprint density at radius 3 is 2.77 bits per heavy atom. The summed E-state index contributed by atoms with van der Waals surface area (Å²) < 4.78 is 5.19. The largest absolute Gasteiger partial charge is 0.459 e.